The zero-order chi connectivity index (χ0) is 10.4. The summed E-state index contributed by atoms with van der Waals surface area (Å²) in [6.07, 6.45) is 4.42. The number of allylic oxidation sites excluding steroid dienone is 2. The molecule has 3 heteroatoms. The van der Waals surface area contributed by atoms with Crippen molar-refractivity contribution in [2.75, 3.05) is 0 Å². The van der Waals surface area contributed by atoms with Crippen molar-refractivity contribution in [2.24, 2.45) is 0 Å². The van der Waals surface area contributed by atoms with Gasteiger partial charge in [0.05, 0.1) is 0 Å². The van der Waals surface area contributed by atoms with Gasteiger partial charge in [-0.25, -0.2) is 4.79 Å². The molecule has 0 aliphatic heterocycles. The van der Waals surface area contributed by atoms with E-state index in [1.807, 2.05) is 6.92 Å². The standard InChI is InChI=1S/C3H4O2.C3H4O.C3H6/c1-2-3(4)5;1-2-3-4;1-3-2/h2H,1H2,(H,4,5);2-3H,1H2;3H,1H2,2H3. The predicted molar refractivity (Wildman–Crippen MR) is 50.0 cm³/mol. The van der Waals surface area contributed by atoms with E-state index in [2.05, 4.69) is 19.7 Å². The van der Waals surface area contributed by atoms with Gasteiger partial charge < -0.3 is 5.11 Å². The van der Waals surface area contributed by atoms with E-state index in [4.69, 9.17) is 9.90 Å². The summed E-state index contributed by atoms with van der Waals surface area (Å²) in [5, 5.41) is 7.60. The van der Waals surface area contributed by atoms with Crippen LogP contribution in [0.1, 0.15) is 6.92 Å². The highest BCUT2D eigenvalue weighted by Crippen LogP contribution is 1.54. The maximum Gasteiger partial charge on any atom is 0.327 e. The van der Waals surface area contributed by atoms with Crippen LogP contribution in [-0.2, 0) is 9.59 Å². The molecule has 0 saturated heterocycles. The molecule has 0 heterocycles. The topological polar surface area (TPSA) is 54.4 Å². The van der Waals surface area contributed by atoms with Crippen LogP contribution < -0.4 is 0 Å². The molecule has 0 radical (unpaired) electrons. The molecule has 3 nitrogen and oxygen atoms in total. The summed E-state index contributed by atoms with van der Waals surface area (Å²) >= 11 is 0. The number of carboxylic acids is 1. The van der Waals surface area contributed by atoms with E-state index in [0.717, 1.165) is 6.08 Å². The maximum atomic E-state index is 9.25. The third kappa shape index (κ3) is 245. The number of carboxylic acid groups (broad SMARTS) is 1. The largest absolute Gasteiger partial charge is 0.478 e. The third-order valence-corrected chi connectivity index (χ3v) is 0.271. The highest BCUT2D eigenvalue weighted by Gasteiger charge is 1.73. The van der Waals surface area contributed by atoms with Crippen molar-refractivity contribution in [1.29, 1.82) is 0 Å². The number of aldehydes is 1. The predicted octanol–water partition coefficient (Wildman–Crippen LogP) is 1.82. The maximum absolute atomic E-state index is 9.25. The molecule has 0 aliphatic carbocycles. The van der Waals surface area contributed by atoms with Crippen LogP contribution >= 0.6 is 0 Å². The smallest absolute Gasteiger partial charge is 0.327 e. The second-order valence-corrected chi connectivity index (χ2v) is 1.32. The first-order chi connectivity index (χ1) is 5.60. The molecule has 0 spiro atoms. The molecule has 0 aromatic carbocycles. The number of rotatable bonds is 2. The molecule has 0 rings (SSSR count). The lowest BCUT2D eigenvalue weighted by molar-refractivity contribution is -0.131. The van der Waals surface area contributed by atoms with Gasteiger partial charge in [0.2, 0.25) is 0 Å². The Bertz CT molecular complexity index is 142. The lowest BCUT2D eigenvalue weighted by atomic mass is 10.7. The monoisotopic (exact) mass is 170 g/mol. The number of hydrogen-bond acceptors (Lipinski definition) is 2. The van der Waals surface area contributed by atoms with E-state index < -0.39 is 5.97 Å². The highest BCUT2D eigenvalue weighted by molar-refractivity contribution is 5.78. The van der Waals surface area contributed by atoms with Crippen molar-refractivity contribution in [3.05, 3.63) is 38.0 Å². The van der Waals surface area contributed by atoms with Crippen molar-refractivity contribution in [3.8, 4) is 0 Å². The molecule has 0 bridgehead atoms. The molecule has 12 heavy (non-hydrogen) atoms. The van der Waals surface area contributed by atoms with Crippen molar-refractivity contribution in [3.63, 3.8) is 0 Å². The zero-order valence-corrected chi connectivity index (χ0v) is 7.19. The van der Waals surface area contributed by atoms with Crippen LogP contribution in [0.25, 0.3) is 0 Å². The molecule has 0 saturated carbocycles. The molecule has 0 fully saturated rings. The summed E-state index contributed by atoms with van der Waals surface area (Å²) in [7, 11) is 0. The molecular weight excluding hydrogens is 156 g/mol. The fourth-order valence-electron chi connectivity index (χ4n) is 0. The van der Waals surface area contributed by atoms with Crippen molar-refractivity contribution in [1.82, 2.24) is 0 Å². The van der Waals surface area contributed by atoms with Crippen LogP contribution in [0.3, 0.4) is 0 Å². The van der Waals surface area contributed by atoms with Gasteiger partial charge in [0.15, 0.2) is 0 Å². The molecule has 0 atom stereocenters. The van der Waals surface area contributed by atoms with Crippen molar-refractivity contribution in [2.45, 2.75) is 6.92 Å². The minimum Gasteiger partial charge on any atom is -0.478 e. The van der Waals surface area contributed by atoms with Crippen LogP contribution in [0.15, 0.2) is 38.0 Å². The Labute approximate surface area is 72.7 Å². The van der Waals surface area contributed by atoms with Crippen molar-refractivity contribution >= 4 is 12.3 Å². The lowest BCUT2D eigenvalue weighted by Crippen LogP contribution is -1.82. The van der Waals surface area contributed by atoms with Gasteiger partial charge in [0.25, 0.3) is 0 Å². The van der Waals surface area contributed by atoms with E-state index >= 15 is 0 Å². The Balaban J connectivity index is -0.000000105. The van der Waals surface area contributed by atoms with Gasteiger partial charge in [-0.3, -0.25) is 4.79 Å². The first-order valence-corrected chi connectivity index (χ1v) is 3.09. The van der Waals surface area contributed by atoms with Gasteiger partial charge in [0, 0.05) is 6.08 Å². The number of aliphatic carboxylic acids is 1. The third-order valence-electron chi connectivity index (χ3n) is 0.271. The van der Waals surface area contributed by atoms with Crippen LogP contribution in [0.4, 0.5) is 0 Å². The zero-order valence-electron chi connectivity index (χ0n) is 7.19. The van der Waals surface area contributed by atoms with E-state index in [0.29, 0.717) is 6.29 Å². The van der Waals surface area contributed by atoms with E-state index in [9.17, 15) is 4.79 Å². The van der Waals surface area contributed by atoms with Gasteiger partial charge in [-0.1, -0.05) is 19.2 Å². The van der Waals surface area contributed by atoms with Gasteiger partial charge in [0.1, 0.15) is 6.29 Å². The molecule has 68 valence electrons. The normalized spacial score (nSPS) is 5.42. The van der Waals surface area contributed by atoms with Gasteiger partial charge in [-0.05, 0) is 13.0 Å². The summed E-state index contributed by atoms with van der Waals surface area (Å²) < 4.78 is 0. The summed E-state index contributed by atoms with van der Waals surface area (Å²) in [5.74, 6) is -0.981. The Morgan fingerprint density at radius 1 is 1.33 bits per heavy atom. The first-order valence-electron chi connectivity index (χ1n) is 3.09. The van der Waals surface area contributed by atoms with Crippen LogP contribution in [0, 0.1) is 0 Å². The van der Waals surface area contributed by atoms with Gasteiger partial charge in [-0.2, -0.15) is 0 Å². The summed E-state index contributed by atoms with van der Waals surface area (Å²) in [4.78, 5) is 18.3. The van der Waals surface area contributed by atoms with Crippen molar-refractivity contribution < 1.29 is 14.7 Å². The van der Waals surface area contributed by atoms with E-state index in [-0.39, 0.29) is 0 Å². The Kier molecular flexibility index (Phi) is 31.8. The minimum absolute atomic E-state index is 0.639. The molecule has 1 N–H and O–H groups in total. The molecule has 0 aromatic heterocycles. The van der Waals surface area contributed by atoms with Crippen LogP contribution in [0.5, 0.6) is 0 Å². The Morgan fingerprint density at radius 3 is 1.50 bits per heavy atom. The van der Waals surface area contributed by atoms with E-state index in [1.165, 1.54) is 6.08 Å². The van der Waals surface area contributed by atoms with Crippen LogP contribution in [-0.4, -0.2) is 17.4 Å². The fourth-order valence-corrected chi connectivity index (χ4v) is 0. The Hall–Kier alpha value is -1.64. The molecule has 0 aliphatic rings. The average molecular weight is 170 g/mol. The van der Waals surface area contributed by atoms with E-state index in [1.54, 1.807) is 6.08 Å². The summed E-state index contributed by atoms with van der Waals surface area (Å²) in [5.41, 5.74) is 0. The quantitative estimate of drug-likeness (QED) is 0.390. The summed E-state index contributed by atoms with van der Waals surface area (Å²) in [6, 6.07) is 0. The molecular formula is C9H14O3. The number of carbonyl (C=O) groups excluding carboxylic acids is 1. The number of hydrogen-bond donors (Lipinski definition) is 1. The second-order valence-electron chi connectivity index (χ2n) is 1.32. The highest BCUT2D eigenvalue weighted by atomic mass is 16.4. The Morgan fingerprint density at radius 2 is 1.50 bits per heavy atom. The lowest BCUT2D eigenvalue weighted by Gasteiger charge is -1.64. The first kappa shape index (κ1) is 16.8. The summed E-state index contributed by atoms with van der Waals surface area (Å²) in [6.45, 7) is 11.3. The SMILES string of the molecule is C=CC.C=CC(=O)O.C=CC=O. The molecule has 0 aromatic rings. The average Bonchev–Trinajstić information content (AvgIpc) is 2.06. The number of carbonyl (C=O) groups is 2. The van der Waals surface area contributed by atoms with Crippen LogP contribution in [0.2, 0.25) is 0 Å². The molecule has 0 unspecified atom stereocenters. The van der Waals surface area contributed by atoms with Gasteiger partial charge in [-0.15, -0.1) is 6.58 Å². The fraction of sp³-hybridized carbons (Fsp3) is 0.111. The second kappa shape index (κ2) is 22.8. The van der Waals surface area contributed by atoms with Gasteiger partial charge >= 0.3 is 5.97 Å². The minimum atomic E-state index is -0.981. The molecule has 0 amide bonds.